The maximum absolute atomic E-state index is 6.18. The quantitative estimate of drug-likeness (QED) is 0.693. The highest BCUT2D eigenvalue weighted by Crippen LogP contribution is 2.47. The van der Waals surface area contributed by atoms with E-state index in [0.29, 0.717) is 0 Å². The first kappa shape index (κ1) is 13.0. The SMILES string of the molecule is c1coc(C2Oc3ccccc3C3CC(c4cccs4)=NN32)c1. The Morgan fingerprint density at radius 1 is 1.09 bits per heavy atom. The molecule has 0 amide bonds. The fourth-order valence-corrected chi connectivity index (χ4v) is 3.97. The highest BCUT2D eigenvalue weighted by molar-refractivity contribution is 7.12. The lowest BCUT2D eigenvalue weighted by atomic mass is 9.98. The number of ether oxygens (including phenoxy) is 1. The number of thiophene rings is 1. The van der Waals surface area contributed by atoms with Crippen LogP contribution < -0.4 is 4.74 Å². The van der Waals surface area contributed by atoms with Crippen molar-refractivity contribution < 1.29 is 9.15 Å². The van der Waals surface area contributed by atoms with Gasteiger partial charge in [0, 0.05) is 12.0 Å². The minimum absolute atomic E-state index is 0.187. The molecule has 2 atom stereocenters. The van der Waals surface area contributed by atoms with E-state index in [1.165, 1.54) is 10.4 Å². The van der Waals surface area contributed by atoms with Gasteiger partial charge in [0.15, 0.2) is 5.76 Å². The largest absolute Gasteiger partial charge is 0.463 e. The highest BCUT2D eigenvalue weighted by atomic mass is 32.1. The summed E-state index contributed by atoms with van der Waals surface area (Å²) in [7, 11) is 0. The molecule has 23 heavy (non-hydrogen) atoms. The molecular weight excluding hydrogens is 308 g/mol. The first-order valence-corrected chi connectivity index (χ1v) is 8.47. The Kier molecular flexibility index (Phi) is 2.81. The fourth-order valence-electron chi connectivity index (χ4n) is 3.25. The van der Waals surface area contributed by atoms with Crippen molar-refractivity contribution in [2.75, 3.05) is 0 Å². The maximum atomic E-state index is 6.18. The lowest BCUT2D eigenvalue weighted by Crippen LogP contribution is -2.33. The molecular formula is C18H14N2O2S. The molecule has 0 fully saturated rings. The zero-order valence-electron chi connectivity index (χ0n) is 12.3. The molecule has 0 saturated heterocycles. The lowest BCUT2D eigenvalue weighted by Gasteiger charge is -2.36. The molecule has 2 aliphatic rings. The van der Waals surface area contributed by atoms with E-state index in [9.17, 15) is 0 Å². The molecule has 2 aliphatic heterocycles. The molecule has 0 bridgehead atoms. The number of benzene rings is 1. The summed E-state index contributed by atoms with van der Waals surface area (Å²) in [6, 6.07) is 16.4. The van der Waals surface area contributed by atoms with Gasteiger partial charge in [-0.15, -0.1) is 11.3 Å². The second-order valence-electron chi connectivity index (χ2n) is 5.65. The zero-order valence-corrected chi connectivity index (χ0v) is 13.1. The third kappa shape index (κ3) is 2.00. The van der Waals surface area contributed by atoms with Crippen LogP contribution in [-0.2, 0) is 0 Å². The summed E-state index contributed by atoms with van der Waals surface area (Å²) in [6.45, 7) is 0. The van der Waals surface area contributed by atoms with Crippen LogP contribution in [0.3, 0.4) is 0 Å². The Morgan fingerprint density at radius 3 is 2.87 bits per heavy atom. The van der Waals surface area contributed by atoms with Crippen molar-refractivity contribution in [1.82, 2.24) is 5.01 Å². The Hall–Kier alpha value is -2.53. The first-order valence-electron chi connectivity index (χ1n) is 7.59. The molecule has 0 saturated carbocycles. The predicted octanol–water partition coefficient (Wildman–Crippen LogP) is 4.58. The Labute approximate surface area is 137 Å². The summed E-state index contributed by atoms with van der Waals surface area (Å²) in [5.41, 5.74) is 2.30. The summed E-state index contributed by atoms with van der Waals surface area (Å²) in [6.07, 6.45) is 2.24. The van der Waals surface area contributed by atoms with Crippen LogP contribution in [0.4, 0.5) is 0 Å². The average molecular weight is 322 g/mol. The van der Waals surface area contributed by atoms with E-state index >= 15 is 0 Å². The van der Waals surface area contributed by atoms with Crippen molar-refractivity contribution in [2.24, 2.45) is 5.10 Å². The topological polar surface area (TPSA) is 38.0 Å². The fraction of sp³-hybridized carbons (Fsp3) is 0.167. The molecule has 4 nitrogen and oxygen atoms in total. The van der Waals surface area contributed by atoms with Gasteiger partial charge < -0.3 is 9.15 Å². The van der Waals surface area contributed by atoms with Gasteiger partial charge in [-0.2, -0.15) is 5.10 Å². The third-order valence-corrected chi connectivity index (χ3v) is 5.21. The molecule has 114 valence electrons. The van der Waals surface area contributed by atoms with E-state index in [2.05, 4.69) is 29.6 Å². The molecule has 5 heteroatoms. The number of para-hydroxylation sites is 1. The van der Waals surface area contributed by atoms with Crippen LogP contribution in [0, 0.1) is 0 Å². The van der Waals surface area contributed by atoms with Crippen molar-refractivity contribution in [3.63, 3.8) is 0 Å². The van der Waals surface area contributed by atoms with Crippen LogP contribution in [0.15, 0.2) is 69.7 Å². The Morgan fingerprint density at radius 2 is 2.04 bits per heavy atom. The van der Waals surface area contributed by atoms with Crippen LogP contribution in [0.1, 0.15) is 34.9 Å². The Balaban J connectivity index is 1.62. The van der Waals surface area contributed by atoms with Crippen molar-refractivity contribution in [3.05, 3.63) is 76.4 Å². The van der Waals surface area contributed by atoms with Crippen molar-refractivity contribution >= 4 is 17.0 Å². The molecule has 3 aromatic rings. The van der Waals surface area contributed by atoms with E-state index in [1.807, 2.05) is 29.3 Å². The summed E-state index contributed by atoms with van der Waals surface area (Å²) in [5.74, 6) is 1.69. The number of rotatable bonds is 2. The molecule has 4 heterocycles. The molecule has 2 unspecified atom stereocenters. The highest BCUT2D eigenvalue weighted by Gasteiger charge is 2.42. The lowest BCUT2D eigenvalue weighted by molar-refractivity contribution is -0.0325. The van der Waals surface area contributed by atoms with E-state index in [4.69, 9.17) is 14.3 Å². The number of nitrogens with zero attached hydrogens (tertiary/aromatic N) is 2. The van der Waals surface area contributed by atoms with E-state index in [0.717, 1.165) is 23.6 Å². The van der Waals surface area contributed by atoms with Crippen molar-refractivity contribution in [1.29, 1.82) is 0 Å². The van der Waals surface area contributed by atoms with Gasteiger partial charge in [0.25, 0.3) is 0 Å². The monoisotopic (exact) mass is 322 g/mol. The van der Waals surface area contributed by atoms with Crippen LogP contribution in [0.2, 0.25) is 0 Å². The normalized spacial score (nSPS) is 22.3. The van der Waals surface area contributed by atoms with Gasteiger partial charge in [0.2, 0.25) is 6.23 Å². The smallest absolute Gasteiger partial charge is 0.246 e. The third-order valence-electron chi connectivity index (χ3n) is 4.29. The molecule has 2 aromatic heterocycles. The number of fused-ring (bicyclic) bond motifs is 3. The predicted molar refractivity (Wildman–Crippen MR) is 88.6 cm³/mol. The average Bonchev–Trinajstić information content (AvgIpc) is 3.34. The zero-order chi connectivity index (χ0) is 15.2. The summed E-state index contributed by atoms with van der Waals surface area (Å²) in [5, 5.41) is 8.99. The second-order valence-corrected chi connectivity index (χ2v) is 6.60. The number of hydrogen-bond acceptors (Lipinski definition) is 5. The molecule has 0 aliphatic carbocycles. The van der Waals surface area contributed by atoms with Crippen LogP contribution in [-0.4, -0.2) is 10.7 Å². The summed E-state index contributed by atoms with van der Waals surface area (Å²) in [4.78, 5) is 1.22. The van der Waals surface area contributed by atoms with Gasteiger partial charge in [0.1, 0.15) is 5.75 Å². The van der Waals surface area contributed by atoms with Crippen LogP contribution >= 0.6 is 11.3 Å². The van der Waals surface area contributed by atoms with Gasteiger partial charge >= 0.3 is 0 Å². The number of furan rings is 1. The van der Waals surface area contributed by atoms with Crippen molar-refractivity contribution in [3.8, 4) is 5.75 Å². The van der Waals surface area contributed by atoms with Crippen molar-refractivity contribution in [2.45, 2.75) is 18.7 Å². The maximum Gasteiger partial charge on any atom is 0.246 e. The minimum atomic E-state index is -0.317. The minimum Gasteiger partial charge on any atom is -0.463 e. The molecule has 0 radical (unpaired) electrons. The molecule has 0 spiro atoms. The standard InChI is InChI=1S/C18H14N2O2S/c1-2-6-15-12(5-1)14-11-13(17-8-4-10-23-17)19-20(14)18(22-15)16-7-3-9-21-16/h1-10,14,18H,11H2. The van der Waals surface area contributed by atoms with Crippen LogP contribution in [0.5, 0.6) is 5.75 Å². The van der Waals surface area contributed by atoms with E-state index in [-0.39, 0.29) is 12.3 Å². The van der Waals surface area contributed by atoms with Crippen LogP contribution in [0.25, 0.3) is 0 Å². The van der Waals surface area contributed by atoms with E-state index < -0.39 is 0 Å². The van der Waals surface area contributed by atoms with Gasteiger partial charge in [-0.25, -0.2) is 5.01 Å². The van der Waals surface area contributed by atoms with Gasteiger partial charge in [-0.3, -0.25) is 0 Å². The number of hydrogen-bond donors (Lipinski definition) is 0. The second kappa shape index (κ2) is 4.99. The number of hydrazone groups is 1. The van der Waals surface area contributed by atoms with Gasteiger partial charge in [0.05, 0.1) is 22.9 Å². The van der Waals surface area contributed by atoms with Gasteiger partial charge in [-0.1, -0.05) is 24.3 Å². The van der Waals surface area contributed by atoms with Gasteiger partial charge in [-0.05, 0) is 29.6 Å². The molecule has 5 rings (SSSR count). The summed E-state index contributed by atoms with van der Waals surface area (Å²) >= 11 is 1.72. The Bertz CT molecular complexity index is 855. The molecule has 1 aromatic carbocycles. The summed E-state index contributed by atoms with van der Waals surface area (Å²) < 4.78 is 11.8. The van der Waals surface area contributed by atoms with E-state index in [1.54, 1.807) is 17.6 Å². The first-order chi connectivity index (χ1) is 11.4. The molecule has 0 N–H and O–H groups in total.